The van der Waals surface area contributed by atoms with Crippen LogP contribution in [0.1, 0.15) is 87.0 Å². The summed E-state index contributed by atoms with van der Waals surface area (Å²) in [4.78, 5) is 76.8. The SMILES string of the molecule is C=CC(C)(C)C/C=C(\NC(=O)N1CCOCC1)C(=O)OC.C=CC(C)(C)CC[C@H](NC(=O)N1CCOCC1)C(=O)OC.CCC(C)(C)CC[C@H](NC(=O)N1CCOCC1)C(=O)OC.S.S. The van der Waals surface area contributed by atoms with Crippen molar-refractivity contribution in [2.45, 2.75) is 99.1 Å². The highest BCUT2D eigenvalue weighted by molar-refractivity contribution is 7.59. The van der Waals surface area contributed by atoms with Crippen LogP contribution >= 0.6 is 27.0 Å². The van der Waals surface area contributed by atoms with Crippen LogP contribution in [0.4, 0.5) is 14.4 Å². The number of nitrogens with one attached hydrogen (secondary N) is 3. The van der Waals surface area contributed by atoms with Crippen molar-refractivity contribution in [1.82, 2.24) is 30.7 Å². The van der Waals surface area contributed by atoms with Crippen LogP contribution in [0.15, 0.2) is 37.1 Å². The Bertz CT molecular complexity index is 1510. The highest BCUT2D eigenvalue weighted by Gasteiger charge is 2.29. The molecule has 3 rings (SSSR count). The van der Waals surface area contributed by atoms with E-state index < -0.39 is 24.0 Å². The van der Waals surface area contributed by atoms with Crippen molar-refractivity contribution >= 4 is 63.0 Å². The average Bonchev–Trinajstić information content (AvgIpc) is 3.30. The zero-order valence-electron chi connectivity index (χ0n) is 40.8. The zero-order valence-corrected chi connectivity index (χ0v) is 42.8. The van der Waals surface area contributed by atoms with Crippen molar-refractivity contribution in [2.24, 2.45) is 16.2 Å². The summed E-state index contributed by atoms with van der Waals surface area (Å²) in [5.41, 5.74) is 0.0541. The van der Waals surface area contributed by atoms with E-state index in [0.717, 1.165) is 19.3 Å². The predicted molar refractivity (Wildman–Crippen MR) is 260 cm³/mol. The number of hydrogen-bond acceptors (Lipinski definition) is 12. The molecule has 3 fully saturated rings. The Hall–Kier alpha value is -3.98. The molecule has 0 unspecified atom stereocenters. The number of hydrogen-bond donors (Lipinski definition) is 3. The van der Waals surface area contributed by atoms with Crippen LogP contribution in [0.2, 0.25) is 0 Å². The van der Waals surface area contributed by atoms with Crippen molar-refractivity contribution in [3.63, 3.8) is 0 Å². The van der Waals surface area contributed by atoms with Crippen molar-refractivity contribution in [3.05, 3.63) is 37.1 Å². The molecule has 3 aliphatic rings. The molecule has 6 amide bonds. The van der Waals surface area contributed by atoms with Gasteiger partial charge in [-0.05, 0) is 48.3 Å². The first kappa shape index (κ1) is 63.1. The minimum absolute atomic E-state index is 0. The lowest BCUT2D eigenvalue weighted by molar-refractivity contribution is -0.144. The van der Waals surface area contributed by atoms with E-state index in [1.165, 1.54) is 21.3 Å². The largest absolute Gasteiger partial charge is 0.467 e. The molecule has 376 valence electrons. The zero-order chi connectivity index (χ0) is 47.6. The number of rotatable bonds is 17. The van der Waals surface area contributed by atoms with Gasteiger partial charge in [-0.2, -0.15) is 27.0 Å². The smallest absolute Gasteiger partial charge is 0.354 e. The number of carbonyl (C=O) groups excluding carboxylic acids is 6. The van der Waals surface area contributed by atoms with E-state index in [9.17, 15) is 28.8 Å². The molecule has 18 nitrogen and oxygen atoms in total. The van der Waals surface area contributed by atoms with Gasteiger partial charge in [-0.1, -0.05) is 73.1 Å². The molecular formula is C45H82N6O12S2. The fourth-order valence-corrected chi connectivity index (χ4v) is 5.83. The number of carbonyl (C=O) groups is 6. The standard InChI is InChI=1S/C15H28N2O4.C15H26N2O4.C15H24N2O4.2H2S/c3*1-5-15(2,3)7-6-12(13(18)20-4)16-14(19)17-8-10-21-11-9-17;;/h12H,5-11H2,1-4H3,(H,16,19);5,12H,1,6-11H2,2-4H3,(H,16,19);5-6H,1,7-11H2,2-4H3,(H,16,19);2*1H2/b;;12-6-;;/t2*12-;;;/m00.../s1. The number of nitrogens with zero attached hydrogens (tertiary/aromatic N) is 3. The van der Waals surface area contributed by atoms with Crippen molar-refractivity contribution in [1.29, 1.82) is 0 Å². The fraction of sp³-hybridized carbons (Fsp3) is 0.733. The van der Waals surface area contributed by atoms with Gasteiger partial charge in [-0.25, -0.2) is 28.8 Å². The van der Waals surface area contributed by atoms with E-state index in [1.807, 2.05) is 39.8 Å². The first-order chi connectivity index (χ1) is 29.7. The quantitative estimate of drug-likeness (QED) is 0.0740. The highest BCUT2D eigenvalue weighted by Crippen LogP contribution is 2.27. The molecule has 0 spiro atoms. The Kier molecular flexibility index (Phi) is 31.7. The molecule has 3 heterocycles. The Morgan fingerprint density at radius 2 is 0.969 bits per heavy atom. The van der Waals surface area contributed by atoms with Crippen LogP contribution in [-0.4, -0.2) is 163 Å². The third-order valence-electron chi connectivity index (χ3n) is 11.2. The lowest BCUT2D eigenvalue weighted by atomic mass is 9.84. The number of allylic oxidation sites excluding steroid dienone is 3. The minimum Gasteiger partial charge on any atom is -0.467 e. The Labute approximate surface area is 402 Å². The van der Waals surface area contributed by atoms with Crippen molar-refractivity contribution in [3.8, 4) is 0 Å². The van der Waals surface area contributed by atoms with Crippen LogP contribution in [-0.2, 0) is 42.8 Å². The highest BCUT2D eigenvalue weighted by atomic mass is 32.1. The summed E-state index contributed by atoms with van der Waals surface area (Å²) in [6, 6.07) is -2.00. The van der Waals surface area contributed by atoms with Gasteiger partial charge in [0.25, 0.3) is 0 Å². The molecule has 0 aromatic rings. The molecule has 3 aliphatic heterocycles. The molecule has 0 aromatic heterocycles. The van der Waals surface area contributed by atoms with E-state index in [0.29, 0.717) is 98.2 Å². The van der Waals surface area contributed by atoms with Gasteiger partial charge in [0.1, 0.15) is 17.8 Å². The lowest BCUT2D eigenvalue weighted by Gasteiger charge is -2.30. The van der Waals surface area contributed by atoms with E-state index in [2.05, 4.69) is 49.9 Å². The minimum atomic E-state index is -0.635. The van der Waals surface area contributed by atoms with Gasteiger partial charge in [0, 0.05) is 39.3 Å². The number of esters is 3. The Balaban J connectivity index is 0. The molecule has 65 heavy (non-hydrogen) atoms. The van der Waals surface area contributed by atoms with Gasteiger partial charge in [0.2, 0.25) is 0 Å². The summed E-state index contributed by atoms with van der Waals surface area (Å²) in [5, 5.41) is 8.17. The molecule has 0 aromatic carbocycles. The summed E-state index contributed by atoms with van der Waals surface area (Å²) in [5.74, 6) is -1.36. The monoisotopic (exact) mass is 963 g/mol. The second kappa shape index (κ2) is 32.7. The summed E-state index contributed by atoms with van der Waals surface area (Å²) >= 11 is 0. The molecule has 3 N–H and O–H groups in total. The second-order valence-electron chi connectivity index (χ2n) is 17.6. The first-order valence-electron chi connectivity index (χ1n) is 21.8. The van der Waals surface area contributed by atoms with Crippen LogP contribution in [0, 0.1) is 16.2 Å². The van der Waals surface area contributed by atoms with Gasteiger partial charge < -0.3 is 59.1 Å². The number of ether oxygens (including phenoxy) is 6. The van der Waals surface area contributed by atoms with E-state index in [1.54, 1.807) is 20.8 Å². The molecule has 2 atom stereocenters. The maximum atomic E-state index is 12.2. The van der Waals surface area contributed by atoms with E-state index in [-0.39, 0.29) is 73.0 Å². The third-order valence-corrected chi connectivity index (χ3v) is 11.2. The van der Waals surface area contributed by atoms with Crippen molar-refractivity contribution < 1.29 is 57.2 Å². The van der Waals surface area contributed by atoms with Crippen molar-refractivity contribution in [2.75, 3.05) is 100 Å². The summed E-state index contributed by atoms with van der Waals surface area (Å²) in [7, 11) is 3.96. The second-order valence-corrected chi connectivity index (χ2v) is 17.6. The number of methoxy groups -OCH3 is 3. The predicted octanol–water partition coefficient (Wildman–Crippen LogP) is 5.26. The van der Waals surface area contributed by atoms with Gasteiger partial charge in [-0.15, -0.1) is 13.2 Å². The van der Waals surface area contributed by atoms with E-state index in [4.69, 9.17) is 28.4 Å². The molecule has 0 aliphatic carbocycles. The number of morpholine rings is 3. The maximum absolute atomic E-state index is 12.2. The van der Waals surface area contributed by atoms with E-state index >= 15 is 0 Å². The van der Waals surface area contributed by atoms with Crippen LogP contribution < -0.4 is 16.0 Å². The third kappa shape index (κ3) is 25.5. The average molecular weight is 963 g/mol. The lowest BCUT2D eigenvalue weighted by Crippen LogP contribution is -2.51. The maximum Gasteiger partial charge on any atom is 0.354 e. The van der Waals surface area contributed by atoms with Crippen LogP contribution in [0.5, 0.6) is 0 Å². The molecule has 3 saturated heterocycles. The number of amides is 6. The summed E-state index contributed by atoms with van der Waals surface area (Å²) < 4.78 is 29.9. The normalized spacial score (nSPS) is 16.3. The molecule has 0 saturated carbocycles. The molecule has 0 radical (unpaired) electrons. The van der Waals surface area contributed by atoms with Gasteiger partial charge in [-0.3, -0.25) is 0 Å². The molecular weight excluding hydrogens is 881 g/mol. The summed E-state index contributed by atoms with van der Waals surface area (Å²) in [6.07, 6.45) is 9.62. The Morgan fingerprint density at radius 3 is 1.31 bits per heavy atom. The topological polar surface area (TPSA) is 204 Å². The fourth-order valence-electron chi connectivity index (χ4n) is 5.83. The van der Waals surface area contributed by atoms with Gasteiger partial charge >= 0.3 is 36.0 Å². The van der Waals surface area contributed by atoms with Crippen LogP contribution in [0.25, 0.3) is 0 Å². The Morgan fingerprint density at radius 1 is 0.600 bits per heavy atom. The summed E-state index contributed by atoms with van der Waals surface area (Å²) in [6.45, 7) is 28.4. The van der Waals surface area contributed by atoms with Crippen LogP contribution in [0.3, 0.4) is 0 Å². The van der Waals surface area contributed by atoms with Gasteiger partial charge in [0.15, 0.2) is 0 Å². The molecule has 0 bridgehead atoms. The van der Waals surface area contributed by atoms with Gasteiger partial charge in [0.05, 0.1) is 61.0 Å². The number of urea groups is 3. The first-order valence-corrected chi connectivity index (χ1v) is 21.8. The molecule has 20 heteroatoms.